The summed E-state index contributed by atoms with van der Waals surface area (Å²) in [5, 5.41) is 7.85. The summed E-state index contributed by atoms with van der Waals surface area (Å²) in [7, 11) is 0. The molecule has 2 aliphatic carbocycles. The summed E-state index contributed by atoms with van der Waals surface area (Å²) in [6, 6.07) is 1.26. The third-order valence-corrected chi connectivity index (χ3v) is 4.20. The molecular formula is C13H24N2S. The van der Waals surface area contributed by atoms with Crippen molar-refractivity contribution < 1.29 is 0 Å². The van der Waals surface area contributed by atoms with Crippen LogP contribution in [-0.4, -0.2) is 17.2 Å². The summed E-state index contributed by atoms with van der Waals surface area (Å²) in [5.74, 6) is 0.862. The molecule has 0 aromatic heterocycles. The van der Waals surface area contributed by atoms with Gasteiger partial charge in [0.1, 0.15) is 0 Å². The lowest BCUT2D eigenvalue weighted by Crippen LogP contribution is -2.46. The van der Waals surface area contributed by atoms with Gasteiger partial charge in [0.15, 0.2) is 5.11 Å². The van der Waals surface area contributed by atoms with Gasteiger partial charge in [-0.1, -0.05) is 32.6 Å². The normalized spacial score (nSPS) is 31.3. The third-order valence-electron chi connectivity index (χ3n) is 3.96. The van der Waals surface area contributed by atoms with E-state index in [9.17, 15) is 0 Å². The first-order chi connectivity index (χ1) is 7.74. The summed E-state index contributed by atoms with van der Waals surface area (Å²) in [6.45, 7) is 2.35. The summed E-state index contributed by atoms with van der Waals surface area (Å²) in [6.07, 6.45) is 10.6. The van der Waals surface area contributed by atoms with Crippen molar-refractivity contribution in [1.29, 1.82) is 0 Å². The Morgan fingerprint density at radius 2 is 1.56 bits per heavy atom. The van der Waals surface area contributed by atoms with Crippen LogP contribution >= 0.6 is 12.2 Å². The molecule has 2 aliphatic rings. The molecule has 0 saturated heterocycles. The lowest BCUT2D eigenvalue weighted by Gasteiger charge is -2.29. The van der Waals surface area contributed by atoms with Crippen molar-refractivity contribution in [3.05, 3.63) is 0 Å². The molecule has 2 atom stereocenters. The van der Waals surface area contributed by atoms with Crippen molar-refractivity contribution in [2.24, 2.45) is 5.92 Å². The van der Waals surface area contributed by atoms with Crippen molar-refractivity contribution in [2.45, 2.75) is 70.4 Å². The average Bonchev–Trinajstić information content (AvgIpc) is 2.70. The highest BCUT2D eigenvalue weighted by atomic mass is 32.1. The molecule has 2 saturated carbocycles. The number of rotatable bonds is 2. The number of hydrogen-bond donors (Lipinski definition) is 2. The van der Waals surface area contributed by atoms with E-state index < -0.39 is 0 Å². The number of hydrogen-bond acceptors (Lipinski definition) is 1. The van der Waals surface area contributed by atoms with E-state index in [0.717, 1.165) is 11.0 Å². The van der Waals surface area contributed by atoms with Crippen molar-refractivity contribution in [3.63, 3.8) is 0 Å². The second-order valence-electron chi connectivity index (χ2n) is 5.57. The Morgan fingerprint density at radius 3 is 2.25 bits per heavy atom. The molecule has 92 valence electrons. The molecule has 0 amide bonds. The lowest BCUT2D eigenvalue weighted by atomic mass is 9.87. The van der Waals surface area contributed by atoms with Crippen LogP contribution in [-0.2, 0) is 0 Å². The Balaban J connectivity index is 1.69. The van der Waals surface area contributed by atoms with E-state index in [2.05, 4.69) is 17.6 Å². The van der Waals surface area contributed by atoms with Crippen LogP contribution in [0.4, 0.5) is 0 Å². The molecule has 0 radical (unpaired) electrons. The molecule has 0 aromatic rings. The van der Waals surface area contributed by atoms with Gasteiger partial charge < -0.3 is 10.6 Å². The molecule has 2 fully saturated rings. The van der Waals surface area contributed by atoms with Gasteiger partial charge in [0.2, 0.25) is 0 Å². The van der Waals surface area contributed by atoms with Crippen LogP contribution < -0.4 is 10.6 Å². The van der Waals surface area contributed by atoms with Gasteiger partial charge in [0, 0.05) is 12.1 Å². The fourth-order valence-corrected chi connectivity index (χ4v) is 3.38. The summed E-state index contributed by atoms with van der Waals surface area (Å²) >= 11 is 5.39. The van der Waals surface area contributed by atoms with Crippen LogP contribution in [0.5, 0.6) is 0 Å². The quantitative estimate of drug-likeness (QED) is 0.726. The highest BCUT2D eigenvalue weighted by molar-refractivity contribution is 7.80. The second kappa shape index (κ2) is 5.85. The van der Waals surface area contributed by atoms with Gasteiger partial charge in [-0.25, -0.2) is 0 Å². The average molecular weight is 240 g/mol. The van der Waals surface area contributed by atoms with E-state index in [1.165, 1.54) is 51.4 Å². The van der Waals surface area contributed by atoms with Gasteiger partial charge in [-0.15, -0.1) is 0 Å². The Morgan fingerprint density at radius 1 is 0.938 bits per heavy atom. The summed E-state index contributed by atoms with van der Waals surface area (Å²) in [5.41, 5.74) is 0. The van der Waals surface area contributed by atoms with Crippen molar-refractivity contribution in [2.75, 3.05) is 0 Å². The molecule has 2 nitrogen and oxygen atoms in total. The van der Waals surface area contributed by atoms with E-state index in [0.29, 0.717) is 12.1 Å². The molecule has 2 rings (SSSR count). The van der Waals surface area contributed by atoms with Crippen LogP contribution in [0.25, 0.3) is 0 Å². The highest BCUT2D eigenvalue weighted by Crippen LogP contribution is 2.23. The first kappa shape index (κ1) is 12.2. The maximum absolute atomic E-state index is 5.39. The minimum Gasteiger partial charge on any atom is -0.360 e. The fourth-order valence-electron chi connectivity index (χ4n) is 3.05. The molecule has 0 heterocycles. The van der Waals surface area contributed by atoms with Gasteiger partial charge in [0.05, 0.1) is 0 Å². The van der Waals surface area contributed by atoms with E-state index in [4.69, 9.17) is 12.2 Å². The van der Waals surface area contributed by atoms with Gasteiger partial charge >= 0.3 is 0 Å². The maximum Gasteiger partial charge on any atom is 0.166 e. The van der Waals surface area contributed by atoms with Crippen molar-refractivity contribution in [1.82, 2.24) is 10.6 Å². The van der Waals surface area contributed by atoms with Gasteiger partial charge in [-0.3, -0.25) is 0 Å². The summed E-state index contributed by atoms with van der Waals surface area (Å²) in [4.78, 5) is 0. The Labute approximate surface area is 105 Å². The highest BCUT2D eigenvalue weighted by Gasteiger charge is 2.21. The van der Waals surface area contributed by atoms with E-state index in [1.807, 2.05) is 0 Å². The van der Waals surface area contributed by atoms with Crippen LogP contribution in [0.15, 0.2) is 0 Å². The SMILES string of the molecule is CC1CCCC(NC(=S)NC2CCCC2)C1. The largest absolute Gasteiger partial charge is 0.360 e. The minimum atomic E-state index is 0.616. The molecule has 0 bridgehead atoms. The molecule has 2 N–H and O–H groups in total. The molecule has 0 aliphatic heterocycles. The van der Waals surface area contributed by atoms with Crippen molar-refractivity contribution >= 4 is 17.3 Å². The van der Waals surface area contributed by atoms with Crippen molar-refractivity contribution in [3.8, 4) is 0 Å². The Kier molecular flexibility index (Phi) is 4.45. The first-order valence-corrected chi connectivity index (χ1v) is 7.22. The Bertz CT molecular complexity index is 236. The van der Waals surface area contributed by atoms with Gasteiger partial charge in [-0.2, -0.15) is 0 Å². The monoisotopic (exact) mass is 240 g/mol. The number of thiocarbonyl (C=S) groups is 1. The molecule has 3 heteroatoms. The molecule has 0 spiro atoms. The van der Waals surface area contributed by atoms with Gasteiger partial charge in [0.25, 0.3) is 0 Å². The van der Waals surface area contributed by atoms with E-state index >= 15 is 0 Å². The molecule has 2 unspecified atom stereocenters. The fraction of sp³-hybridized carbons (Fsp3) is 0.923. The third kappa shape index (κ3) is 3.62. The zero-order valence-electron chi connectivity index (χ0n) is 10.3. The van der Waals surface area contributed by atoms with Crippen LogP contribution in [0.2, 0.25) is 0 Å². The topological polar surface area (TPSA) is 24.1 Å². The zero-order valence-corrected chi connectivity index (χ0v) is 11.1. The van der Waals surface area contributed by atoms with E-state index in [-0.39, 0.29) is 0 Å². The minimum absolute atomic E-state index is 0.616. The van der Waals surface area contributed by atoms with Crippen LogP contribution in [0.3, 0.4) is 0 Å². The van der Waals surface area contributed by atoms with Crippen LogP contribution in [0.1, 0.15) is 58.3 Å². The summed E-state index contributed by atoms with van der Waals surface area (Å²) < 4.78 is 0. The predicted molar refractivity (Wildman–Crippen MR) is 72.5 cm³/mol. The first-order valence-electron chi connectivity index (χ1n) is 6.81. The lowest BCUT2D eigenvalue weighted by molar-refractivity contribution is 0.325. The predicted octanol–water partition coefficient (Wildman–Crippen LogP) is 2.97. The van der Waals surface area contributed by atoms with Gasteiger partial charge in [-0.05, 0) is 43.8 Å². The Hall–Kier alpha value is -0.310. The smallest absolute Gasteiger partial charge is 0.166 e. The molecular weight excluding hydrogens is 216 g/mol. The maximum atomic E-state index is 5.39. The molecule has 16 heavy (non-hydrogen) atoms. The van der Waals surface area contributed by atoms with Crippen LogP contribution in [0, 0.1) is 5.92 Å². The zero-order chi connectivity index (χ0) is 11.4. The second-order valence-corrected chi connectivity index (χ2v) is 5.98. The standard InChI is InChI=1S/C13H24N2S/c1-10-5-4-8-12(9-10)15-13(16)14-11-6-2-3-7-11/h10-12H,2-9H2,1H3,(H2,14,15,16). The van der Waals surface area contributed by atoms with E-state index in [1.54, 1.807) is 0 Å². The molecule has 0 aromatic carbocycles. The number of nitrogens with one attached hydrogen (secondary N) is 2.